The summed E-state index contributed by atoms with van der Waals surface area (Å²) in [5.74, 6) is 0.348. The molecular weight excluding hydrogens is 358 g/mol. The highest BCUT2D eigenvalue weighted by molar-refractivity contribution is 9.10. The molecule has 0 amide bonds. The number of anilines is 1. The van der Waals surface area contributed by atoms with Crippen LogP contribution in [0.15, 0.2) is 57.7 Å². The minimum absolute atomic E-state index is 0.0269. The van der Waals surface area contributed by atoms with Crippen LogP contribution in [0.4, 0.5) is 6.01 Å². The highest BCUT2D eigenvalue weighted by atomic mass is 79.9. The third-order valence-corrected chi connectivity index (χ3v) is 3.95. The molecule has 3 aromatic heterocycles. The Kier molecular flexibility index (Phi) is 3.27. The summed E-state index contributed by atoms with van der Waals surface area (Å²) < 4.78 is 6.39. The zero-order valence-electron chi connectivity index (χ0n) is 11.8. The first kappa shape index (κ1) is 13.8. The molecule has 7 heteroatoms. The van der Waals surface area contributed by atoms with E-state index in [0.29, 0.717) is 5.89 Å². The molecule has 0 radical (unpaired) electrons. The lowest BCUT2D eigenvalue weighted by Crippen LogP contribution is -1.91. The Morgan fingerprint density at radius 3 is 2.61 bits per heavy atom. The van der Waals surface area contributed by atoms with E-state index in [9.17, 15) is 0 Å². The number of halogens is 1. The van der Waals surface area contributed by atoms with Gasteiger partial charge in [0, 0.05) is 27.8 Å². The van der Waals surface area contributed by atoms with Crippen molar-refractivity contribution < 1.29 is 4.42 Å². The van der Waals surface area contributed by atoms with Crippen LogP contribution in [0.1, 0.15) is 0 Å². The second-order valence-corrected chi connectivity index (χ2v) is 5.82. The van der Waals surface area contributed by atoms with Gasteiger partial charge in [-0.2, -0.15) is 0 Å². The number of nitrogens with zero attached hydrogens (tertiary/aromatic N) is 4. The Balaban J connectivity index is 1.98. The molecule has 0 bridgehead atoms. The molecule has 0 saturated carbocycles. The number of aromatic nitrogens is 4. The van der Waals surface area contributed by atoms with Gasteiger partial charge in [0.1, 0.15) is 0 Å². The molecule has 0 spiro atoms. The molecule has 1 aromatic carbocycles. The number of nitrogens with two attached hydrogens (primary N) is 1. The zero-order chi connectivity index (χ0) is 15.8. The third kappa shape index (κ3) is 2.55. The number of benzene rings is 1. The maximum Gasteiger partial charge on any atom is 0.313 e. The average molecular weight is 368 g/mol. The minimum atomic E-state index is 0.0269. The highest BCUT2D eigenvalue weighted by Crippen LogP contribution is 2.31. The van der Waals surface area contributed by atoms with Gasteiger partial charge in [-0.1, -0.05) is 33.2 Å². The van der Waals surface area contributed by atoms with Gasteiger partial charge < -0.3 is 10.2 Å². The number of fused-ring (bicyclic) bond motifs is 1. The van der Waals surface area contributed by atoms with Gasteiger partial charge in [-0.15, -0.1) is 5.10 Å². The fraction of sp³-hybridized carbons (Fsp3) is 0. The fourth-order valence-electron chi connectivity index (χ4n) is 2.36. The molecule has 0 aliphatic heterocycles. The molecule has 23 heavy (non-hydrogen) atoms. The van der Waals surface area contributed by atoms with Crippen LogP contribution in [0.5, 0.6) is 0 Å². The van der Waals surface area contributed by atoms with Gasteiger partial charge in [-0.25, -0.2) is 4.98 Å². The zero-order valence-corrected chi connectivity index (χ0v) is 13.4. The first-order chi connectivity index (χ1) is 11.2. The van der Waals surface area contributed by atoms with Gasteiger partial charge in [-0.05, 0) is 24.3 Å². The maximum atomic E-state index is 5.55. The summed E-state index contributed by atoms with van der Waals surface area (Å²) >= 11 is 3.44. The summed E-state index contributed by atoms with van der Waals surface area (Å²) in [6.45, 7) is 0. The molecule has 0 atom stereocenters. The van der Waals surface area contributed by atoms with E-state index < -0.39 is 0 Å². The predicted octanol–water partition coefficient (Wildman–Crippen LogP) is 3.69. The van der Waals surface area contributed by atoms with Gasteiger partial charge in [-0.3, -0.25) is 4.98 Å². The molecule has 0 aliphatic rings. The molecule has 6 nitrogen and oxygen atoms in total. The van der Waals surface area contributed by atoms with Crippen LogP contribution in [0.25, 0.3) is 33.6 Å². The van der Waals surface area contributed by atoms with Crippen molar-refractivity contribution >= 4 is 32.8 Å². The van der Waals surface area contributed by atoms with E-state index in [1.807, 2.05) is 36.4 Å². The second-order valence-electron chi connectivity index (χ2n) is 4.90. The third-order valence-electron chi connectivity index (χ3n) is 3.42. The fourth-order valence-corrected chi connectivity index (χ4v) is 2.62. The summed E-state index contributed by atoms with van der Waals surface area (Å²) in [6.07, 6.45) is 3.43. The van der Waals surface area contributed by atoms with Crippen molar-refractivity contribution in [2.45, 2.75) is 0 Å². The number of nitrogen functional groups attached to an aromatic ring is 1. The van der Waals surface area contributed by atoms with E-state index in [-0.39, 0.29) is 6.01 Å². The summed E-state index contributed by atoms with van der Waals surface area (Å²) in [4.78, 5) is 8.84. The first-order valence-electron chi connectivity index (χ1n) is 6.81. The standard InChI is InChI=1S/C16H10BrN5O/c17-10-3-1-9(2-4-10)14-7-11(15-21-22-16(18)23-15)12-8-19-6-5-13(12)20-14/h1-8H,(H2,18,22). The quantitative estimate of drug-likeness (QED) is 0.580. The normalized spacial score (nSPS) is 11.0. The smallest absolute Gasteiger partial charge is 0.313 e. The molecular formula is C16H10BrN5O. The van der Waals surface area contributed by atoms with Crippen molar-refractivity contribution in [3.8, 4) is 22.7 Å². The lowest BCUT2D eigenvalue weighted by molar-refractivity contribution is 0.591. The summed E-state index contributed by atoms with van der Waals surface area (Å²) in [6, 6.07) is 11.7. The van der Waals surface area contributed by atoms with Crippen LogP contribution in [0.2, 0.25) is 0 Å². The predicted molar refractivity (Wildman–Crippen MR) is 90.4 cm³/mol. The van der Waals surface area contributed by atoms with Crippen molar-refractivity contribution in [2.75, 3.05) is 5.73 Å². The van der Waals surface area contributed by atoms with E-state index in [2.05, 4.69) is 31.1 Å². The number of pyridine rings is 2. The molecule has 2 N–H and O–H groups in total. The van der Waals surface area contributed by atoms with Crippen molar-refractivity contribution in [2.24, 2.45) is 0 Å². The number of rotatable bonds is 2. The lowest BCUT2D eigenvalue weighted by Gasteiger charge is -2.07. The summed E-state index contributed by atoms with van der Waals surface area (Å²) in [5, 5.41) is 8.54. The Hall–Kier alpha value is -2.80. The van der Waals surface area contributed by atoms with Crippen LogP contribution in [0.3, 0.4) is 0 Å². The largest absolute Gasteiger partial charge is 0.404 e. The topological polar surface area (TPSA) is 90.7 Å². The van der Waals surface area contributed by atoms with E-state index in [1.54, 1.807) is 12.4 Å². The summed E-state index contributed by atoms with van der Waals surface area (Å²) in [7, 11) is 0. The Morgan fingerprint density at radius 2 is 1.87 bits per heavy atom. The second kappa shape index (κ2) is 5.44. The van der Waals surface area contributed by atoms with Crippen LogP contribution < -0.4 is 5.73 Å². The van der Waals surface area contributed by atoms with Crippen LogP contribution in [0, 0.1) is 0 Å². The molecule has 0 unspecified atom stereocenters. The summed E-state index contributed by atoms with van der Waals surface area (Å²) in [5.41, 5.74) is 8.90. The SMILES string of the molecule is Nc1nnc(-c2cc(-c3ccc(Br)cc3)nc3ccncc23)o1. The van der Waals surface area contributed by atoms with E-state index >= 15 is 0 Å². The van der Waals surface area contributed by atoms with Gasteiger partial charge in [0.25, 0.3) is 5.89 Å². The van der Waals surface area contributed by atoms with Crippen LogP contribution in [-0.2, 0) is 0 Å². The van der Waals surface area contributed by atoms with Crippen molar-refractivity contribution in [1.29, 1.82) is 0 Å². The molecule has 0 saturated heterocycles. The van der Waals surface area contributed by atoms with Gasteiger partial charge >= 0.3 is 6.01 Å². The Labute approximate surface area is 139 Å². The number of hydrogen-bond acceptors (Lipinski definition) is 6. The molecule has 0 fully saturated rings. The number of hydrogen-bond donors (Lipinski definition) is 1. The highest BCUT2D eigenvalue weighted by Gasteiger charge is 2.14. The van der Waals surface area contributed by atoms with Crippen molar-refractivity contribution in [1.82, 2.24) is 20.2 Å². The maximum absolute atomic E-state index is 5.55. The molecule has 0 aliphatic carbocycles. The molecule has 4 aromatic rings. The molecule has 4 rings (SSSR count). The Morgan fingerprint density at radius 1 is 1.04 bits per heavy atom. The monoisotopic (exact) mass is 367 g/mol. The van der Waals surface area contributed by atoms with Crippen LogP contribution >= 0.6 is 15.9 Å². The first-order valence-corrected chi connectivity index (χ1v) is 7.60. The lowest BCUT2D eigenvalue weighted by atomic mass is 10.1. The van der Waals surface area contributed by atoms with Crippen molar-refractivity contribution in [3.05, 3.63) is 53.3 Å². The minimum Gasteiger partial charge on any atom is -0.404 e. The van der Waals surface area contributed by atoms with Gasteiger partial charge in [0.2, 0.25) is 0 Å². The Bertz CT molecular complexity index is 997. The van der Waals surface area contributed by atoms with Crippen LogP contribution in [-0.4, -0.2) is 20.2 Å². The van der Waals surface area contributed by atoms with Crippen molar-refractivity contribution in [3.63, 3.8) is 0 Å². The average Bonchev–Trinajstić information content (AvgIpc) is 3.01. The van der Waals surface area contributed by atoms with Gasteiger partial charge in [0.05, 0.1) is 16.8 Å². The van der Waals surface area contributed by atoms with E-state index in [1.165, 1.54) is 0 Å². The van der Waals surface area contributed by atoms with E-state index in [4.69, 9.17) is 15.1 Å². The van der Waals surface area contributed by atoms with Gasteiger partial charge in [0.15, 0.2) is 0 Å². The van der Waals surface area contributed by atoms with E-state index in [0.717, 1.165) is 32.2 Å². The molecule has 112 valence electrons. The molecule has 3 heterocycles.